The van der Waals surface area contributed by atoms with Crippen LogP contribution >= 0.6 is 0 Å². The van der Waals surface area contributed by atoms with Crippen molar-refractivity contribution in [2.75, 3.05) is 13.1 Å². The number of nitrogens with one attached hydrogen (secondary N) is 1. The van der Waals surface area contributed by atoms with Crippen LogP contribution in [0.3, 0.4) is 0 Å². The van der Waals surface area contributed by atoms with Gasteiger partial charge in [-0.2, -0.15) is 13.2 Å². The van der Waals surface area contributed by atoms with E-state index in [1.54, 1.807) is 0 Å². The van der Waals surface area contributed by atoms with Crippen LogP contribution in [-0.4, -0.2) is 35.7 Å². The molecule has 1 aliphatic rings. The molecule has 0 unspecified atom stereocenters. The highest BCUT2D eigenvalue weighted by Gasteiger charge is 2.35. The lowest BCUT2D eigenvalue weighted by atomic mass is 10.1. The van der Waals surface area contributed by atoms with Crippen molar-refractivity contribution in [3.8, 4) is 0 Å². The summed E-state index contributed by atoms with van der Waals surface area (Å²) in [6, 6.07) is 4.85. The summed E-state index contributed by atoms with van der Waals surface area (Å²) >= 11 is 0. The van der Waals surface area contributed by atoms with Gasteiger partial charge in [-0.25, -0.2) is 4.79 Å². The first kappa shape index (κ1) is 17.6. The quantitative estimate of drug-likeness (QED) is 0.923. The Morgan fingerprint density at radius 1 is 1.26 bits per heavy atom. The van der Waals surface area contributed by atoms with Crippen molar-refractivity contribution in [1.29, 1.82) is 0 Å². The number of urea groups is 1. The lowest BCUT2D eigenvalue weighted by molar-refractivity contribution is -0.138. The fourth-order valence-electron chi connectivity index (χ4n) is 2.41. The monoisotopic (exact) mass is 330 g/mol. The summed E-state index contributed by atoms with van der Waals surface area (Å²) in [5.41, 5.74) is -0.951. The van der Waals surface area contributed by atoms with Gasteiger partial charge in [0, 0.05) is 6.54 Å². The predicted octanol–water partition coefficient (Wildman–Crippen LogP) is 3.41. The Hall–Kier alpha value is -1.76. The van der Waals surface area contributed by atoms with Gasteiger partial charge in [-0.05, 0) is 32.4 Å². The second-order valence-electron chi connectivity index (χ2n) is 6.57. The van der Waals surface area contributed by atoms with Crippen molar-refractivity contribution >= 4 is 6.03 Å². The van der Waals surface area contributed by atoms with Gasteiger partial charge in [0.25, 0.3) is 0 Å². The standard InChI is InChI=1S/C16H21F3N2O2/c1-15(2,3)23-12-9-21(10-12)14(22)20-8-11-6-4-5-7-13(11)16(17,18)19/h4-7,12H,8-10H2,1-3H3,(H,20,22). The Kier molecular flexibility index (Phi) is 4.89. The molecule has 1 fully saturated rings. The van der Waals surface area contributed by atoms with E-state index in [2.05, 4.69) is 5.32 Å². The average Bonchev–Trinajstić information content (AvgIpc) is 2.38. The van der Waals surface area contributed by atoms with E-state index in [9.17, 15) is 18.0 Å². The number of ether oxygens (including phenoxy) is 1. The maximum absolute atomic E-state index is 12.9. The fraction of sp³-hybridized carbons (Fsp3) is 0.562. The molecule has 0 aliphatic carbocycles. The first-order valence-corrected chi connectivity index (χ1v) is 7.42. The van der Waals surface area contributed by atoms with E-state index >= 15 is 0 Å². The molecule has 1 aromatic carbocycles. The maximum atomic E-state index is 12.9. The molecule has 0 spiro atoms. The lowest BCUT2D eigenvalue weighted by Gasteiger charge is -2.41. The van der Waals surface area contributed by atoms with Gasteiger partial charge in [-0.1, -0.05) is 18.2 Å². The van der Waals surface area contributed by atoms with Crippen LogP contribution in [0.15, 0.2) is 24.3 Å². The number of amides is 2. The summed E-state index contributed by atoms with van der Waals surface area (Å²) in [5.74, 6) is 0. The highest BCUT2D eigenvalue weighted by molar-refractivity contribution is 5.75. The smallest absolute Gasteiger partial charge is 0.369 e. The number of carbonyl (C=O) groups excluding carboxylic acids is 1. The maximum Gasteiger partial charge on any atom is 0.416 e. The number of rotatable bonds is 3. The molecular formula is C16H21F3N2O2. The van der Waals surface area contributed by atoms with Crippen LogP contribution in [0.5, 0.6) is 0 Å². The highest BCUT2D eigenvalue weighted by Crippen LogP contribution is 2.31. The summed E-state index contributed by atoms with van der Waals surface area (Å²) in [6.07, 6.45) is -4.45. The summed E-state index contributed by atoms with van der Waals surface area (Å²) in [4.78, 5) is 13.5. The van der Waals surface area contributed by atoms with E-state index < -0.39 is 11.7 Å². The molecule has 128 valence electrons. The Balaban J connectivity index is 1.85. The molecule has 1 N–H and O–H groups in total. The minimum absolute atomic E-state index is 0.0248. The molecule has 0 aromatic heterocycles. The highest BCUT2D eigenvalue weighted by atomic mass is 19.4. The Morgan fingerprint density at radius 2 is 1.87 bits per heavy atom. The number of hydrogen-bond donors (Lipinski definition) is 1. The Labute approximate surface area is 133 Å². The Morgan fingerprint density at radius 3 is 2.43 bits per heavy atom. The number of benzene rings is 1. The molecule has 0 atom stereocenters. The van der Waals surface area contributed by atoms with Gasteiger partial charge in [0.15, 0.2) is 0 Å². The largest absolute Gasteiger partial charge is 0.416 e. The van der Waals surface area contributed by atoms with Crippen LogP contribution in [0.2, 0.25) is 0 Å². The molecule has 0 saturated carbocycles. The third-order valence-corrected chi connectivity index (χ3v) is 3.41. The van der Waals surface area contributed by atoms with Gasteiger partial charge in [0.05, 0.1) is 30.4 Å². The molecule has 23 heavy (non-hydrogen) atoms. The summed E-state index contributed by atoms with van der Waals surface area (Å²) in [7, 11) is 0. The number of hydrogen-bond acceptors (Lipinski definition) is 2. The predicted molar refractivity (Wildman–Crippen MR) is 79.9 cm³/mol. The van der Waals surface area contributed by atoms with Gasteiger partial charge >= 0.3 is 12.2 Å². The van der Waals surface area contributed by atoms with Crippen molar-refractivity contribution in [3.63, 3.8) is 0 Å². The van der Waals surface area contributed by atoms with Crippen LogP contribution < -0.4 is 5.32 Å². The topological polar surface area (TPSA) is 41.6 Å². The average molecular weight is 330 g/mol. The van der Waals surface area contributed by atoms with Crippen LogP contribution in [0, 0.1) is 0 Å². The zero-order chi connectivity index (χ0) is 17.3. The second-order valence-corrected chi connectivity index (χ2v) is 6.57. The van der Waals surface area contributed by atoms with Crippen molar-refractivity contribution in [2.45, 2.75) is 45.2 Å². The summed E-state index contributed by atoms with van der Waals surface area (Å²) < 4.78 is 44.3. The third-order valence-electron chi connectivity index (χ3n) is 3.41. The zero-order valence-corrected chi connectivity index (χ0v) is 13.4. The van der Waals surface area contributed by atoms with Crippen molar-refractivity contribution in [1.82, 2.24) is 10.2 Å². The SMILES string of the molecule is CC(C)(C)OC1CN(C(=O)NCc2ccccc2C(F)(F)F)C1. The molecule has 1 aliphatic heterocycles. The first-order valence-electron chi connectivity index (χ1n) is 7.42. The van der Waals surface area contributed by atoms with Crippen LogP contribution in [-0.2, 0) is 17.5 Å². The Bertz CT molecular complexity index is 561. The minimum Gasteiger partial charge on any atom is -0.369 e. The molecule has 0 radical (unpaired) electrons. The molecular weight excluding hydrogens is 309 g/mol. The number of nitrogens with zero attached hydrogens (tertiary/aromatic N) is 1. The number of carbonyl (C=O) groups is 1. The van der Waals surface area contributed by atoms with E-state index in [4.69, 9.17) is 4.74 Å². The molecule has 1 heterocycles. The third kappa shape index (κ3) is 4.86. The van der Waals surface area contributed by atoms with E-state index in [1.165, 1.54) is 23.1 Å². The molecule has 1 aromatic rings. The normalized spacial score (nSPS) is 16.2. The molecule has 2 amide bonds. The zero-order valence-electron chi connectivity index (χ0n) is 13.4. The summed E-state index contributed by atoms with van der Waals surface area (Å²) in [6.45, 7) is 6.54. The van der Waals surface area contributed by atoms with E-state index in [1.807, 2.05) is 20.8 Å². The molecule has 2 rings (SSSR count). The van der Waals surface area contributed by atoms with Crippen molar-refractivity contribution in [3.05, 3.63) is 35.4 Å². The number of alkyl halides is 3. The minimum atomic E-state index is -4.43. The second kappa shape index (κ2) is 6.39. The molecule has 7 heteroatoms. The first-order chi connectivity index (χ1) is 10.6. The van der Waals surface area contributed by atoms with Crippen molar-refractivity contribution < 1.29 is 22.7 Å². The van der Waals surface area contributed by atoms with Crippen LogP contribution in [0.4, 0.5) is 18.0 Å². The van der Waals surface area contributed by atoms with E-state index in [-0.39, 0.29) is 29.8 Å². The summed E-state index contributed by atoms with van der Waals surface area (Å²) in [5, 5.41) is 2.53. The molecule has 4 nitrogen and oxygen atoms in total. The van der Waals surface area contributed by atoms with Gasteiger partial charge in [-0.15, -0.1) is 0 Å². The van der Waals surface area contributed by atoms with Crippen molar-refractivity contribution in [2.24, 2.45) is 0 Å². The van der Waals surface area contributed by atoms with E-state index in [0.29, 0.717) is 13.1 Å². The van der Waals surface area contributed by atoms with Crippen LogP contribution in [0.1, 0.15) is 31.9 Å². The van der Waals surface area contributed by atoms with Gasteiger partial charge in [0.2, 0.25) is 0 Å². The van der Waals surface area contributed by atoms with Gasteiger partial charge < -0.3 is 15.0 Å². The van der Waals surface area contributed by atoms with Gasteiger partial charge in [-0.3, -0.25) is 0 Å². The number of likely N-dealkylation sites (tertiary alicyclic amines) is 1. The fourth-order valence-corrected chi connectivity index (χ4v) is 2.41. The molecule has 0 bridgehead atoms. The van der Waals surface area contributed by atoms with Gasteiger partial charge in [0.1, 0.15) is 0 Å². The number of halogens is 3. The van der Waals surface area contributed by atoms with E-state index in [0.717, 1.165) is 6.07 Å². The van der Waals surface area contributed by atoms with Crippen LogP contribution in [0.25, 0.3) is 0 Å². The lowest BCUT2D eigenvalue weighted by Crippen LogP contribution is -2.59. The molecule has 1 saturated heterocycles.